The monoisotopic (exact) mass is 310 g/mol. The van der Waals surface area contributed by atoms with E-state index < -0.39 is 0 Å². The molecule has 0 saturated heterocycles. The molecule has 0 spiro atoms. The summed E-state index contributed by atoms with van der Waals surface area (Å²) in [4.78, 5) is 2.33. The number of nitrogens with zero attached hydrogens (tertiary/aromatic N) is 5. The van der Waals surface area contributed by atoms with Gasteiger partial charge >= 0.3 is 0 Å². The topological polar surface area (TPSA) is 58.3 Å². The van der Waals surface area contributed by atoms with Crippen LogP contribution >= 0.6 is 0 Å². The van der Waals surface area contributed by atoms with E-state index in [0.29, 0.717) is 6.04 Å². The molecule has 23 heavy (non-hydrogen) atoms. The highest BCUT2D eigenvalue weighted by Gasteiger charge is 2.08. The second-order valence-electron chi connectivity index (χ2n) is 5.98. The molecule has 0 unspecified atom stereocenters. The first-order valence-corrected chi connectivity index (χ1v) is 7.81. The quantitative estimate of drug-likeness (QED) is 0.758. The molecule has 0 saturated carbocycles. The van der Waals surface area contributed by atoms with Gasteiger partial charge < -0.3 is 5.32 Å². The van der Waals surface area contributed by atoms with Crippen molar-refractivity contribution in [3.8, 4) is 0 Å². The van der Waals surface area contributed by atoms with E-state index in [0.717, 1.165) is 24.6 Å². The highest BCUT2D eigenvalue weighted by molar-refractivity contribution is 5.43. The lowest BCUT2D eigenvalue weighted by Gasteiger charge is -2.22. The van der Waals surface area contributed by atoms with Gasteiger partial charge in [0.1, 0.15) is 12.1 Å². The molecule has 2 aromatic heterocycles. The third-order valence-electron chi connectivity index (χ3n) is 4.04. The number of anilines is 1. The van der Waals surface area contributed by atoms with Crippen LogP contribution in [0.1, 0.15) is 25.0 Å². The van der Waals surface area contributed by atoms with Crippen LogP contribution in [0.4, 0.5) is 5.82 Å². The standard InChI is InChI=1S/C17H22N6/c1-13(2)22(3)11-15-7-5-4-6-14(15)10-18-16-8-9-17-20-19-12-23(17)21-16/h4-9,12-13H,10-11H2,1-3H3,(H,18,21). The molecule has 0 bridgehead atoms. The summed E-state index contributed by atoms with van der Waals surface area (Å²) in [6.45, 7) is 6.09. The molecule has 0 radical (unpaired) electrons. The van der Waals surface area contributed by atoms with E-state index in [4.69, 9.17) is 0 Å². The van der Waals surface area contributed by atoms with Crippen molar-refractivity contribution in [2.75, 3.05) is 12.4 Å². The summed E-state index contributed by atoms with van der Waals surface area (Å²) in [5, 5.41) is 15.6. The number of aromatic nitrogens is 4. The molecule has 0 aliphatic heterocycles. The fourth-order valence-corrected chi connectivity index (χ4v) is 2.34. The fourth-order valence-electron chi connectivity index (χ4n) is 2.34. The predicted octanol–water partition coefficient (Wildman–Crippen LogP) is 2.58. The Bertz CT molecular complexity index is 779. The lowest BCUT2D eigenvalue weighted by Crippen LogP contribution is -2.26. The van der Waals surface area contributed by atoms with Crippen molar-refractivity contribution >= 4 is 11.5 Å². The minimum absolute atomic E-state index is 0.522. The van der Waals surface area contributed by atoms with Gasteiger partial charge in [-0.15, -0.1) is 15.3 Å². The van der Waals surface area contributed by atoms with E-state index in [1.807, 2.05) is 12.1 Å². The van der Waals surface area contributed by atoms with Crippen molar-refractivity contribution in [3.05, 3.63) is 53.9 Å². The molecule has 1 aromatic carbocycles. The normalized spacial score (nSPS) is 11.5. The Balaban J connectivity index is 1.72. The van der Waals surface area contributed by atoms with E-state index in [2.05, 4.69) is 70.7 Å². The van der Waals surface area contributed by atoms with Crippen molar-refractivity contribution in [1.29, 1.82) is 0 Å². The van der Waals surface area contributed by atoms with Crippen LogP contribution in [0.3, 0.4) is 0 Å². The molecule has 3 aromatic rings. The minimum Gasteiger partial charge on any atom is -0.365 e. The van der Waals surface area contributed by atoms with E-state index in [1.165, 1.54) is 11.1 Å². The van der Waals surface area contributed by atoms with Crippen molar-refractivity contribution in [2.24, 2.45) is 0 Å². The summed E-state index contributed by atoms with van der Waals surface area (Å²) >= 11 is 0. The summed E-state index contributed by atoms with van der Waals surface area (Å²) < 4.78 is 1.67. The summed E-state index contributed by atoms with van der Waals surface area (Å²) in [7, 11) is 2.15. The second kappa shape index (κ2) is 6.75. The Hall–Kier alpha value is -2.47. The van der Waals surface area contributed by atoms with Crippen LogP contribution in [0.25, 0.3) is 5.65 Å². The number of benzene rings is 1. The van der Waals surface area contributed by atoms with E-state index in [9.17, 15) is 0 Å². The Kier molecular flexibility index (Phi) is 4.52. The van der Waals surface area contributed by atoms with Crippen LogP contribution < -0.4 is 5.32 Å². The highest BCUT2D eigenvalue weighted by atomic mass is 15.4. The molecule has 0 atom stereocenters. The van der Waals surface area contributed by atoms with Gasteiger partial charge in [0.25, 0.3) is 0 Å². The molecule has 120 valence electrons. The van der Waals surface area contributed by atoms with Gasteiger partial charge in [-0.2, -0.15) is 4.52 Å². The number of rotatable bonds is 6. The number of hydrogen-bond donors (Lipinski definition) is 1. The average Bonchev–Trinajstić information content (AvgIpc) is 3.01. The Labute approximate surface area is 136 Å². The van der Waals surface area contributed by atoms with Gasteiger partial charge in [-0.05, 0) is 44.2 Å². The maximum atomic E-state index is 4.44. The molecule has 0 aliphatic rings. The number of hydrogen-bond acceptors (Lipinski definition) is 5. The lowest BCUT2D eigenvalue weighted by molar-refractivity contribution is 0.265. The molecule has 3 rings (SSSR count). The molecule has 0 aliphatic carbocycles. The summed E-state index contributed by atoms with van der Waals surface area (Å²) in [5.74, 6) is 0.810. The van der Waals surface area contributed by atoms with Gasteiger partial charge in [-0.3, -0.25) is 4.90 Å². The average molecular weight is 310 g/mol. The van der Waals surface area contributed by atoms with Gasteiger partial charge in [-0.25, -0.2) is 0 Å². The minimum atomic E-state index is 0.522. The van der Waals surface area contributed by atoms with Gasteiger partial charge in [0.05, 0.1) is 0 Å². The fraction of sp³-hybridized carbons (Fsp3) is 0.353. The van der Waals surface area contributed by atoms with Crippen LogP contribution in [0, 0.1) is 0 Å². The number of nitrogens with one attached hydrogen (secondary N) is 1. The van der Waals surface area contributed by atoms with Crippen LogP contribution in [-0.4, -0.2) is 37.8 Å². The summed E-state index contributed by atoms with van der Waals surface area (Å²) in [6, 6.07) is 12.9. The highest BCUT2D eigenvalue weighted by Crippen LogP contribution is 2.14. The molecule has 6 heteroatoms. The molecular formula is C17H22N6. The smallest absolute Gasteiger partial charge is 0.177 e. The first-order chi connectivity index (χ1) is 11.1. The second-order valence-corrected chi connectivity index (χ2v) is 5.98. The van der Waals surface area contributed by atoms with Gasteiger partial charge in [0.2, 0.25) is 0 Å². The zero-order valence-electron chi connectivity index (χ0n) is 13.8. The molecule has 1 N–H and O–H groups in total. The van der Waals surface area contributed by atoms with Crippen molar-refractivity contribution in [2.45, 2.75) is 33.0 Å². The van der Waals surface area contributed by atoms with Gasteiger partial charge in [0.15, 0.2) is 5.65 Å². The Morgan fingerprint density at radius 1 is 1.13 bits per heavy atom. The Morgan fingerprint density at radius 2 is 1.91 bits per heavy atom. The zero-order chi connectivity index (χ0) is 16.2. The Morgan fingerprint density at radius 3 is 2.70 bits per heavy atom. The number of fused-ring (bicyclic) bond motifs is 1. The van der Waals surface area contributed by atoms with Crippen LogP contribution in [0.15, 0.2) is 42.7 Å². The van der Waals surface area contributed by atoms with E-state index in [1.54, 1.807) is 10.8 Å². The molecule has 0 amide bonds. The van der Waals surface area contributed by atoms with Gasteiger partial charge in [0, 0.05) is 19.1 Å². The maximum absolute atomic E-state index is 4.44. The SMILES string of the molecule is CC(C)N(C)Cc1ccccc1CNc1ccc2nncn2n1. The lowest BCUT2D eigenvalue weighted by atomic mass is 10.1. The zero-order valence-corrected chi connectivity index (χ0v) is 13.8. The first kappa shape index (κ1) is 15.4. The third kappa shape index (κ3) is 3.65. The molecule has 2 heterocycles. The van der Waals surface area contributed by atoms with Gasteiger partial charge in [-0.1, -0.05) is 24.3 Å². The van der Waals surface area contributed by atoms with Crippen LogP contribution in [-0.2, 0) is 13.1 Å². The van der Waals surface area contributed by atoms with Crippen LogP contribution in [0.2, 0.25) is 0 Å². The maximum Gasteiger partial charge on any atom is 0.177 e. The predicted molar refractivity (Wildman–Crippen MR) is 91.2 cm³/mol. The molecule has 0 fully saturated rings. The van der Waals surface area contributed by atoms with Crippen molar-refractivity contribution in [3.63, 3.8) is 0 Å². The molecule has 6 nitrogen and oxygen atoms in total. The summed E-state index contributed by atoms with van der Waals surface area (Å²) in [6.07, 6.45) is 1.60. The van der Waals surface area contributed by atoms with Crippen molar-refractivity contribution in [1.82, 2.24) is 24.7 Å². The van der Waals surface area contributed by atoms with Crippen molar-refractivity contribution < 1.29 is 0 Å². The largest absolute Gasteiger partial charge is 0.365 e. The first-order valence-electron chi connectivity index (χ1n) is 7.81. The van der Waals surface area contributed by atoms with Crippen LogP contribution in [0.5, 0.6) is 0 Å². The third-order valence-corrected chi connectivity index (χ3v) is 4.04. The van der Waals surface area contributed by atoms with E-state index in [-0.39, 0.29) is 0 Å². The van der Waals surface area contributed by atoms with E-state index >= 15 is 0 Å². The summed E-state index contributed by atoms with van der Waals surface area (Å²) in [5.41, 5.74) is 3.36. The molecular weight excluding hydrogens is 288 g/mol.